The Hall–Kier alpha value is -2.58. The summed E-state index contributed by atoms with van der Waals surface area (Å²) in [5.74, 6) is -3.09. The first-order valence-corrected chi connectivity index (χ1v) is 16.1. The normalized spacial score (nSPS) is 17.8. The topological polar surface area (TPSA) is 3.24 Å². The van der Waals surface area contributed by atoms with Crippen LogP contribution in [-0.2, 0) is 0 Å². The summed E-state index contributed by atoms with van der Waals surface area (Å²) in [6.07, 6.45) is 3.36. The number of halogens is 4. The summed E-state index contributed by atoms with van der Waals surface area (Å²) in [5.41, 5.74) is 2.50. The Balaban J connectivity index is 1.76. The smallest absolute Gasteiger partial charge is 0.135 e. The Morgan fingerprint density at radius 2 is 1.05 bits per heavy atom. The van der Waals surface area contributed by atoms with Gasteiger partial charge in [-0.05, 0) is 62.7 Å². The molecule has 1 aliphatic rings. The summed E-state index contributed by atoms with van der Waals surface area (Å²) in [4.78, 5) is 0. The maximum Gasteiger partial charge on any atom is 0.135 e. The molecule has 0 aromatic heterocycles. The standard InChI is InChI=1S/C32H31F4NP2/c1-2-3-22-37(39(31-25(33)16-10-17-26(31)34)32-27(35)18-11-19-28(32)36)38-29(23-12-6-4-7-13-23)20-21-30(38)24-14-8-5-9-15-24/h4-19,29-30H,2-3,20-22H2,1H3/t29-,30-/m0/s1. The van der Waals surface area contributed by atoms with Gasteiger partial charge in [-0.1, -0.05) is 86.1 Å². The molecule has 4 aromatic rings. The van der Waals surface area contributed by atoms with Crippen molar-refractivity contribution in [1.82, 2.24) is 4.44 Å². The van der Waals surface area contributed by atoms with Gasteiger partial charge in [0, 0.05) is 25.9 Å². The van der Waals surface area contributed by atoms with Gasteiger partial charge in [0.15, 0.2) is 0 Å². The van der Waals surface area contributed by atoms with Gasteiger partial charge in [0.05, 0.1) is 10.6 Å². The minimum Gasteiger partial charge on any atom is -0.251 e. The second-order valence-corrected chi connectivity index (χ2v) is 14.5. The van der Waals surface area contributed by atoms with Crippen LogP contribution in [0.25, 0.3) is 0 Å². The van der Waals surface area contributed by atoms with Crippen LogP contribution < -0.4 is 10.6 Å². The Morgan fingerprint density at radius 1 is 0.641 bits per heavy atom. The minimum atomic E-state index is -2.19. The lowest BCUT2D eigenvalue weighted by Gasteiger charge is -2.42. The molecule has 1 saturated heterocycles. The van der Waals surface area contributed by atoms with Crippen LogP contribution in [0.2, 0.25) is 0 Å². The van der Waals surface area contributed by atoms with Crippen LogP contribution in [0.5, 0.6) is 0 Å². The first-order chi connectivity index (χ1) is 19.0. The second-order valence-electron chi connectivity index (χ2n) is 9.71. The summed E-state index contributed by atoms with van der Waals surface area (Å²) in [5, 5.41) is -0.471. The molecule has 39 heavy (non-hydrogen) atoms. The molecule has 1 fully saturated rings. The molecular formula is C32H31F4NP2. The highest BCUT2D eigenvalue weighted by molar-refractivity contribution is 7.79. The highest BCUT2D eigenvalue weighted by Gasteiger charge is 2.46. The molecule has 0 saturated carbocycles. The third kappa shape index (κ3) is 5.82. The van der Waals surface area contributed by atoms with E-state index >= 15 is 17.6 Å². The molecule has 0 bridgehead atoms. The molecule has 5 rings (SSSR count). The van der Waals surface area contributed by atoms with Crippen molar-refractivity contribution in [3.63, 3.8) is 0 Å². The summed E-state index contributed by atoms with van der Waals surface area (Å²) in [6.45, 7) is 2.54. The SMILES string of the molecule is CCCCN(P(c1c(F)cccc1F)c1c(F)cccc1F)P1[C@H](c2ccccc2)CC[C@H]1c1ccccc1. The fourth-order valence-corrected chi connectivity index (χ4v) is 12.9. The molecule has 0 radical (unpaired) electrons. The van der Waals surface area contributed by atoms with Crippen molar-refractivity contribution >= 4 is 26.8 Å². The van der Waals surface area contributed by atoms with E-state index in [0.29, 0.717) is 6.54 Å². The van der Waals surface area contributed by atoms with E-state index in [9.17, 15) is 0 Å². The molecule has 7 heteroatoms. The molecule has 0 N–H and O–H groups in total. The monoisotopic (exact) mass is 567 g/mol. The van der Waals surface area contributed by atoms with E-state index in [4.69, 9.17) is 0 Å². The predicted molar refractivity (Wildman–Crippen MR) is 155 cm³/mol. The average Bonchev–Trinajstić information content (AvgIpc) is 3.39. The number of hydrogen-bond acceptors (Lipinski definition) is 1. The molecule has 1 aliphatic heterocycles. The number of benzene rings is 4. The van der Waals surface area contributed by atoms with Crippen LogP contribution in [-0.4, -0.2) is 11.0 Å². The maximum absolute atomic E-state index is 15.6. The van der Waals surface area contributed by atoms with E-state index in [0.717, 1.165) is 36.8 Å². The zero-order valence-corrected chi connectivity index (χ0v) is 23.6. The van der Waals surface area contributed by atoms with Crippen LogP contribution in [0, 0.1) is 23.3 Å². The molecule has 1 nitrogen and oxygen atoms in total. The van der Waals surface area contributed by atoms with E-state index in [-0.39, 0.29) is 21.9 Å². The fourth-order valence-electron chi connectivity index (χ4n) is 5.45. The van der Waals surface area contributed by atoms with Crippen molar-refractivity contribution in [2.24, 2.45) is 0 Å². The Labute approximate surface area is 230 Å². The van der Waals surface area contributed by atoms with Crippen molar-refractivity contribution in [3.8, 4) is 0 Å². The van der Waals surface area contributed by atoms with E-state index in [1.54, 1.807) is 0 Å². The maximum atomic E-state index is 15.6. The van der Waals surface area contributed by atoms with Crippen LogP contribution >= 0.6 is 16.1 Å². The third-order valence-electron chi connectivity index (χ3n) is 7.23. The molecule has 1 heterocycles. The van der Waals surface area contributed by atoms with E-state index in [1.165, 1.54) is 36.4 Å². The van der Waals surface area contributed by atoms with Crippen LogP contribution in [0.15, 0.2) is 97.1 Å². The number of hydrogen-bond donors (Lipinski definition) is 0. The van der Waals surface area contributed by atoms with Gasteiger partial charge in [-0.2, -0.15) is 0 Å². The van der Waals surface area contributed by atoms with Gasteiger partial charge in [0.1, 0.15) is 23.3 Å². The Kier molecular flexibility index (Phi) is 9.13. The third-order valence-corrected chi connectivity index (χ3v) is 13.9. The molecule has 0 unspecified atom stereocenters. The number of unbranched alkanes of at least 4 members (excludes halogenated alkanes) is 1. The fraction of sp³-hybridized carbons (Fsp3) is 0.250. The lowest BCUT2D eigenvalue weighted by atomic mass is 10.0. The van der Waals surface area contributed by atoms with Crippen molar-refractivity contribution in [2.75, 3.05) is 6.54 Å². The zero-order chi connectivity index (χ0) is 27.4. The molecular weight excluding hydrogens is 536 g/mol. The summed E-state index contributed by atoms with van der Waals surface area (Å²) in [7, 11) is -3.33. The van der Waals surface area contributed by atoms with Gasteiger partial charge >= 0.3 is 0 Å². The van der Waals surface area contributed by atoms with Crippen molar-refractivity contribution in [3.05, 3.63) is 131 Å². The molecule has 0 amide bonds. The molecule has 0 spiro atoms. The lowest BCUT2D eigenvalue weighted by Crippen LogP contribution is -2.33. The highest BCUT2D eigenvalue weighted by atomic mass is 31.2. The predicted octanol–water partition coefficient (Wildman–Crippen LogP) is 9.37. The first kappa shape index (κ1) is 28.0. The van der Waals surface area contributed by atoms with Gasteiger partial charge in [0.2, 0.25) is 0 Å². The van der Waals surface area contributed by atoms with Gasteiger partial charge in [-0.25, -0.2) is 17.6 Å². The van der Waals surface area contributed by atoms with Crippen LogP contribution in [0.4, 0.5) is 17.6 Å². The van der Waals surface area contributed by atoms with E-state index < -0.39 is 39.4 Å². The van der Waals surface area contributed by atoms with Crippen molar-refractivity contribution in [1.29, 1.82) is 0 Å². The van der Waals surface area contributed by atoms with Crippen molar-refractivity contribution < 1.29 is 17.6 Å². The number of nitrogens with zero attached hydrogens (tertiary/aromatic N) is 1. The van der Waals surface area contributed by atoms with Crippen LogP contribution in [0.1, 0.15) is 55.1 Å². The van der Waals surface area contributed by atoms with Gasteiger partial charge in [-0.3, -0.25) is 4.44 Å². The molecule has 2 atom stereocenters. The van der Waals surface area contributed by atoms with E-state index in [1.807, 2.05) is 36.4 Å². The summed E-state index contributed by atoms with van der Waals surface area (Å²) >= 11 is 0. The molecule has 0 aliphatic carbocycles. The van der Waals surface area contributed by atoms with Gasteiger partial charge < -0.3 is 0 Å². The van der Waals surface area contributed by atoms with E-state index in [2.05, 4.69) is 35.6 Å². The van der Waals surface area contributed by atoms with Gasteiger partial charge in [-0.15, -0.1) is 0 Å². The van der Waals surface area contributed by atoms with Gasteiger partial charge in [0.25, 0.3) is 0 Å². The average molecular weight is 568 g/mol. The summed E-state index contributed by atoms with van der Waals surface area (Å²) in [6, 6.07) is 27.7. The second kappa shape index (κ2) is 12.7. The van der Waals surface area contributed by atoms with Crippen molar-refractivity contribution in [2.45, 2.75) is 43.9 Å². The first-order valence-electron chi connectivity index (χ1n) is 13.3. The zero-order valence-electron chi connectivity index (χ0n) is 21.8. The summed E-state index contributed by atoms with van der Waals surface area (Å²) < 4.78 is 64.4. The lowest BCUT2D eigenvalue weighted by molar-refractivity contribution is 0.585. The number of rotatable bonds is 9. The largest absolute Gasteiger partial charge is 0.251 e. The Morgan fingerprint density at radius 3 is 1.44 bits per heavy atom. The highest BCUT2D eigenvalue weighted by Crippen LogP contribution is 2.76. The Bertz CT molecular complexity index is 1250. The molecule has 4 aromatic carbocycles. The van der Waals surface area contributed by atoms with Crippen LogP contribution in [0.3, 0.4) is 0 Å². The molecule has 202 valence electrons. The minimum absolute atomic E-state index is 0.0953. The quantitative estimate of drug-likeness (QED) is 0.144.